The number of aromatic nitrogens is 1. The fourth-order valence-electron chi connectivity index (χ4n) is 2.97. The highest BCUT2D eigenvalue weighted by Crippen LogP contribution is 2.39. The van der Waals surface area contributed by atoms with Crippen LogP contribution in [0.3, 0.4) is 0 Å². The SMILES string of the molecule is CCOc1ccc(NC2CC(c3ccccc3C)C2)cn1. The Morgan fingerprint density at radius 2 is 2.00 bits per heavy atom. The summed E-state index contributed by atoms with van der Waals surface area (Å²) in [6, 6.07) is 13.2. The van der Waals surface area contributed by atoms with E-state index in [0.717, 1.165) is 5.69 Å². The quantitative estimate of drug-likeness (QED) is 0.894. The molecule has 21 heavy (non-hydrogen) atoms. The Hall–Kier alpha value is -2.03. The summed E-state index contributed by atoms with van der Waals surface area (Å²) in [7, 11) is 0. The lowest BCUT2D eigenvalue weighted by Crippen LogP contribution is -2.34. The number of hydrogen-bond acceptors (Lipinski definition) is 3. The van der Waals surface area contributed by atoms with Crippen molar-refractivity contribution in [3.8, 4) is 5.88 Å². The van der Waals surface area contributed by atoms with Gasteiger partial charge < -0.3 is 10.1 Å². The fraction of sp³-hybridized carbons (Fsp3) is 0.389. The first-order chi connectivity index (χ1) is 10.3. The van der Waals surface area contributed by atoms with Crippen LogP contribution in [0.5, 0.6) is 5.88 Å². The molecule has 1 fully saturated rings. The van der Waals surface area contributed by atoms with Crippen molar-refractivity contribution in [3.05, 3.63) is 53.7 Å². The van der Waals surface area contributed by atoms with Crippen LogP contribution < -0.4 is 10.1 Å². The minimum Gasteiger partial charge on any atom is -0.478 e. The average molecular weight is 282 g/mol. The lowest BCUT2D eigenvalue weighted by molar-refractivity contribution is 0.327. The third-order valence-corrected chi connectivity index (χ3v) is 4.17. The number of hydrogen-bond donors (Lipinski definition) is 1. The Kier molecular flexibility index (Phi) is 4.09. The van der Waals surface area contributed by atoms with E-state index in [2.05, 4.69) is 41.5 Å². The summed E-state index contributed by atoms with van der Waals surface area (Å²) >= 11 is 0. The summed E-state index contributed by atoms with van der Waals surface area (Å²) in [6.07, 6.45) is 4.24. The van der Waals surface area contributed by atoms with Crippen molar-refractivity contribution >= 4 is 5.69 Å². The van der Waals surface area contributed by atoms with Gasteiger partial charge in [0.05, 0.1) is 18.5 Å². The van der Waals surface area contributed by atoms with Gasteiger partial charge in [-0.25, -0.2) is 4.98 Å². The normalized spacial score (nSPS) is 20.7. The topological polar surface area (TPSA) is 34.1 Å². The van der Waals surface area contributed by atoms with Crippen molar-refractivity contribution in [2.24, 2.45) is 0 Å². The van der Waals surface area contributed by atoms with Gasteiger partial charge in [-0.15, -0.1) is 0 Å². The summed E-state index contributed by atoms with van der Waals surface area (Å²) in [5, 5.41) is 3.55. The Morgan fingerprint density at radius 3 is 2.67 bits per heavy atom. The van der Waals surface area contributed by atoms with Crippen LogP contribution in [0.15, 0.2) is 42.6 Å². The van der Waals surface area contributed by atoms with E-state index in [4.69, 9.17) is 4.74 Å². The zero-order valence-corrected chi connectivity index (χ0v) is 12.7. The van der Waals surface area contributed by atoms with Crippen molar-refractivity contribution < 1.29 is 4.74 Å². The molecule has 110 valence electrons. The maximum atomic E-state index is 5.36. The number of nitrogens with one attached hydrogen (secondary N) is 1. The molecule has 1 aliphatic carbocycles. The smallest absolute Gasteiger partial charge is 0.213 e. The maximum Gasteiger partial charge on any atom is 0.213 e. The van der Waals surface area contributed by atoms with Crippen molar-refractivity contribution in [1.29, 1.82) is 0 Å². The number of rotatable bonds is 5. The second-order valence-corrected chi connectivity index (χ2v) is 5.68. The molecule has 1 heterocycles. The van der Waals surface area contributed by atoms with Crippen LogP contribution in [0, 0.1) is 6.92 Å². The predicted molar refractivity (Wildman–Crippen MR) is 86.0 cm³/mol. The van der Waals surface area contributed by atoms with Crippen LogP contribution in [0.4, 0.5) is 5.69 Å². The van der Waals surface area contributed by atoms with E-state index >= 15 is 0 Å². The second kappa shape index (κ2) is 6.17. The molecule has 3 rings (SSSR count). The van der Waals surface area contributed by atoms with Crippen LogP contribution in [0.25, 0.3) is 0 Å². The van der Waals surface area contributed by atoms with Gasteiger partial charge in [0.25, 0.3) is 0 Å². The molecule has 0 radical (unpaired) electrons. The van der Waals surface area contributed by atoms with Gasteiger partial charge in [0, 0.05) is 12.1 Å². The first-order valence-corrected chi connectivity index (χ1v) is 7.67. The van der Waals surface area contributed by atoms with Crippen molar-refractivity contribution in [1.82, 2.24) is 4.98 Å². The Labute approximate surface area is 126 Å². The van der Waals surface area contributed by atoms with Gasteiger partial charge in [-0.2, -0.15) is 0 Å². The van der Waals surface area contributed by atoms with Gasteiger partial charge in [0.15, 0.2) is 0 Å². The number of nitrogens with zero attached hydrogens (tertiary/aromatic N) is 1. The molecule has 1 aromatic heterocycles. The monoisotopic (exact) mass is 282 g/mol. The Morgan fingerprint density at radius 1 is 1.19 bits per heavy atom. The molecule has 0 spiro atoms. The number of ether oxygens (including phenoxy) is 1. The summed E-state index contributed by atoms with van der Waals surface area (Å²) in [4.78, 5) is 4.29. The van der Waals surface area contributed by atoms with E-state index < -0.39 is 0 Å². The van der Waals surface area contributed by atoms with E-state index in [-0.39, 0.29) is 0 Å². The van der Waals surface area contributed by atoms with E-state index in [1.165, 1.54) is 24.0 Å². The van der Waals surface area contributed by atoms with E-state index in [1.807, 2.05) is 25.3 Å². The summed E-state index contributed by atoms with van der Waals surface area (Å²) in [5.41, 5.74) is 3.98. The third-order valence-electron chi connectivity index (χ3n) is 4.17. The molecular formula is C18H22N2O. The average Bonchev–Trinajstić information content (AvgIpc) is 2.46. The largest absolute Gasteiger partial charge is 0.478 e. The maximum absolute atomic E-state index is 5.36. The summed E-state index contributed by atoms with van der Waals surface area (Å²) in [5.74, 6) is 1.38. The minimum absolute atomic E-state index is 0.550. The highest BCUT2D eigenvalue weighted by molar-refractivity contribution is 5.44. The molecule has 0 bridgehead atoms. The number of anilines is 1. The van der Waals surface area contributed by atoms with Crippen LogP contribution in [0.1, 0.15) is 36.8 Å². The highest BCUT2D eigenvalue weighted by atomic mass is 16.5. The van der Waals surface area contributed by atoms with Gasteiger partial charge in [0.2, 0.25) is 5.88 Å². The molecule has 3 nitrogen and oxygen atoms in total. The van der Waals surface area contributed by atoms with Crippen molar-refractivity contribution in [2.75, 3.05) is 11.9 Å². The molecule has 3 heteroatoms. The molecule has 0 aliphatic heterocycles. The first kappa shape index (κ1) is 13.9. The molecule has 1 aromatic carbocycles. The number of benzene rings is 1. The standard InChI is InChI=1S/C18H22N2O/c1-3-21-18-9-8-15(12-19-18)20-16-10-14(11-16)17-7-5-4-6-13(17)2/h4-9,12,14,16,20H,3,10-11H2,1-2H3. The Bertz CT molecular complexity index is 588. The zero-order chi connectivity index (χ0) is 14.7. The van der Waals surface area contributed by atoms with E-state index in [9.17, 15) is 0 Å². The van der Waals surface area contributed by atoms with E-state index in [0.29, 0.717) is 24.4 Å². The molecule has 1 N–H and O–H groups in total. The molecule has 0 saturated heterocycles. The first-order valence-electron chi connectivity index (χ1n) is 7.67. The molecule has 0 unspecified atom stereocenters. The van der Waals surface area contributed by atoms with Crippen molar-refractivity contribution in [3.63, 3.8) is 0 Å². The lowest BCUT2D eigenvalue weighted by atomic mass is 9.74. The van der Waals surface area contributed by atoms with Gasteiger partial charge in [-0.05, 0) is 49.8 Å². The van der Waals surface area contributed by atoms with Crippen LogP contribution in [0.2, 0.25) is 0 Å². The van der Waals surface area contributed by atoms with Crippen molar-refractivity contribution in [2.45, 2.75) is 38.6 Å². The van der Waals surface area contributed by atoms with Gasteiger partial charge >= 0.3 is 0 Å². The summed E-state index contributed by atoms with van der Waals surface area (Å²) < 4.78 is 5.36. The molecule has 2 aromatic rings. The fourth-order valence-corrected chi connectivity index (χ4v) is 2.97. The number of aryl methyl sites for hydroxylation is 1. The molecule has 1 aliphatic rings. The highest BCUT2D eigenvalue weighted by Gasteiger charge is 2.30. The molecule has 0 amide bonds. The van der Waals surface area contributed by atoms with Crippen LogP contribution >= 0.6 is 0 Å². The van der Waals surface area contributed by atoms with Gasteiger partial charge in [0.1, 0.15) is 0 Å². The molecule has 0 atom stereocenters. The lowest BCUT2D eigenvalue weighted by Gasteiger charge is -2.37. The van der Waals surface area contributed by atoms with Crippen LogP contribution in [-0.2, 0) is 0 Å². The molecular weight excluding hydrogens is 260 g/mol. The van der Waals surface area contributed by atoms with Gasteiger partial charge in [-0.1, -0.05) is 24.3 Å². The molecule has 1 saturated carbocycles. The minimum atomic E-state index is 0.550. The Balaban J connectivity index is 1.54. The number of pyridine rings is 1. The zero-order valence-electron chi connectivity index (χ0n) is 12.7. The third kappa shape index (κ3) is 3.18. The van der Waals surface area contributed by atoms with Crippen LogP contribution in [-0.4, -0.2) is 17.6 Å². The second-order valence-electron chi connectivity index (χ2n) is 5.68. The van der Waals surface area contributed by atoms with Gasteiger partial charge in [-0.3, -0.25) is 0 Å². The van der Waals surface area contributed by atoms with E-state index in [1.54, 1.807) is 0 Å². The predicted octanol–water partition coefficient (Wildman–Crippen LogP) is 4.15. The summed E-state index contributed by atoms with van der Waals surface area (Å²) in [6.45, 7) is 4.82.